The minimum absolute atomic E-state index is 0.174. The Kier molecular flexibility index (Phi) is 7.29. The van der Waals surface area contributed by atoms with Gasteiger partial charge in [-0.25, -0.2) is 9.59 Å². The second-order valence-corrected chi connectivity index (χ2v) is 7.49. The second-order valence-electron chi connectivity index (χ2n) is 7.49. The third-order valence-corrected chi connectivity index (χ3v) is 6.11. The Hall–Kier alpha value is -1.79. The molecule has 1 heterocycles. The number of aliphatic carboxylic acids is 1. The first-order valence-electron chi connectivity index (χ1n) is 9.64. The van der Waals surface area contributed by atoms with E-state index in [2.05, 4.69) is 0 Å². The van der Waals surface area contributed by atoms with Gasteiger partial charge in [0.2, 0.25) is 0 Å². The number of carboxylic acid groups (broad SMARTS) is 1. The fourth-order valence-electron chi connectivity index (χ4n) is 4.76. The van der Waals surface area contributed by atoms with Crippen molar-refractivity contribution in [2.24, 2.45) is 23.7 Å². The first-order chi connectivity index (χ1) is 12.4. The summed E-state index contributed by atoms with van der Waals surface area (Å²) in [4.78, 5) is 37.1. The van der Waals surface area contributed by atoms with Crippen LogP contribution in [0.15, 0.2) is 0 Å². The predicted octanol–water partition coefficient (Wildman–Crippen LogP) is 2.92. The number of piperidine rings is 1. The number of rotatable bonds is 6. The SMILES string of the molecule is CCOC(=O)C1CC2CC(C(CC)CC(=O)O)CCC2CN1C(=O)OC. The number of hydrogen-bond acceptors (Lipinski definition) is 5. The van der Waals surface area contributed by atoms with E-state index in [1.807, 2.05) is 6.92 Å². The molecular formula is C19H31NO6. The van der Waals surface area contributed by atoms with Gasteiger partial charge in [-0.1, -0.05) is 13.3 Å². The lowest BCUT2D eigenvalue weighted by Gasteiger charge is -2.47. The van der Waals surface area contributed by atoms with Gasteiger partial charge in [-0.15, -0.1) is 0 Å². The van der Waals surface area contributed by atoms with Crippen LogP contribution in [0, 0.1) is 23.7 Å². The topological polar surface area (TPSA) is 93.1 Å². The Balaban J connectivity index is 2.11. The van der Waals surface area contributed by atoms with Crippen molar-refractivity contribution < 1.29 is 29.0 Å². The van der Waals surface area contributed by atoms with Crippen molar-refractivity contribution in [1.82, 2.24) is 4.90 Å². The summed E-state index contributed by atoms with van der Waals surface area (Å²) in [6.45, 7) is 4.57. The lowest BCUT2D eigenvalue weighted by Crippen LogP contribution is -2.55. The van der Waals surface area contributed by atoms with Gasteiger partial charge in [-0.3, -0.25) is 9.69 Å². The van der Waals surface area contributed by atoms with Gasteiger partial charge in [0.25, 0.3) is 0 Å². The molecule has 1 aliphatic carbocycles. The Bertz CT molecular complexity index is 522. The van der Waals surface area contributed by atoms with Crippen molar-refractivity contribution in [3.05, 3.63) is 0 Å². The van der Waals surface area contributed by atoms with E-state index in [0.29, 0.717) is 30.7 Å². The van der Waals surface area contributed by atoms with E-state index in [-0.39, 0.29) is 24.9 Å². The second kappa shape index (κ2) is 9.24. The number of amides is 1. The Labute approximate surface area is 155 Å². The zero-order chi connectivity index (χ0) is 19.3. The van der Waals surface area contributed by atoms with Crippen LogP contribution in [0.5, 0.6) is 0 Å². The Morgan fingerprint density at radius 3 is 2.46 bits per heavy atom. The predicted molar refractivity (Wildman–Crippen MR) is 94.5 cm³/mol. The molecule has 7 heteroatoms. The summed E-state index contributed by atoms with van der Waals surface area (Å²) >= 11 is 0. The minimum Gasteiger partial charge on any atom is -0.481 e. The highest BCUT2D eigenvalue weighted by Crippen LogP contribution is 2.44. The molecule has 0 aromatic carbocycles. The van der Waals surface area contributed by atoms with Crippen molar-refractivity contribution in [2.45, 2.75) is 58.4 Å². The number of ether oxygens (including phenoxy) is 2. The number of nitrogens with zero attached hydrogens (tertiary/aromatic N) is 1. The molecule has 0 aromatic rings. The lowest BCUT2D eigenvalue weighted by atomic mass is 9.65. The van der Waals surface area contributed by atoms with Gasteiger partial charge in [0.05, 0.1) is 13.7 Å². The van der Waals surface area contributed by atoms with Crippen LogP contribution in [-0.4, -0.2) is 54.3 Å². The molecule has 1 amide bonds. The molecule has 1 N–H and O–H groups in total. The molecule has 5 atom stereocenters. The lowest BCUT2D eigenvalue weighted by molar-refractivity contribution is -0.152. The van der Waals surface area contributed by atoms with Crippen LogP contribution < -0.4 is 0 Å². The average molecular weight is 369 g/mol. The summed E-state index contributed by atoms with van der Waals surface area (Å²) in [6.07, 6.45) is 3.99. The maximum absolute atomic E-state index is 12.4. The summed E-state index contributed by atoms with van der Waals surface area (Å²) < 4.78 is 10.0. The van der Waals surface area contributed by atoms with Crippen LogP contribution in [0.1, 0.15) is 52.4 Å². The van der Waals surface area contributed by atoms with Crippen LogP contribution in [0.4, 0.5) is 4.79 Å². The highest BCUT2D eigenvalue weighted by Gasteiger charge is 2.45. The fraction of sp³-hybridized carbons (Fsp3) is 0.842. The summed E-state index contributed by atoms with van der Waals surface area (Å²) in [5.74, 6) is 0.0585. The van der Waals surface area contributed by atoms with Gasteiger partial charge >= 0.3 is 18.0 Å². The van der Waals surface area contributed by atoms with Crippen LogP contribution in [-0.2, 0) is 19.1 Å². The Morgan fingerprint density at radius 2 is 1.88 bits per heavy atom. The zero-order valence-electron chi connectivity index (χ0n) is 16.0. The summed E-state index contributed by atoms with van der Waals surface area (Å²) in [5, 5.41) is 9.16. The molecule has 2 rings (SSSR count). The quantitative estimate of drug-likeness (QED) is 0.724. The molecule has 1 saturated carbocycles. The number of hydrogen-bond donors (Lipinski definition) is 1. The number of likely N-dealkylation sites (tertiary alicyclic amines) is 1. The van der Waals surface area contributed by atoms with Crippen LogP contribution >= 0.6 is 0 Å². The standard InChI is InChI=1S/C19H31NO6/c1-4-12(10-17(21)22)13-6-7-14-11-20(19(24)25-3)16(9-15(14)8-13)18(23)26-5-2/h12-16H,4-11H2,1-3H3,(H,21,22). The van der Waals surface area contributed by atoms with E-state index in [1.54, 1.807) is 6.92 Å². The number of methoxy groups -OCH3 is 1. The largest absolute Gasteiger partial charge is 0.481 e. The molecule has 2 aliphatic rings. The molecule has 26 heavy (non-hydrogen) atoms. The number of carbonyl (C=O) groups excluding carboxylic acids is 2. The van der Waals surface area contributed by atoms with Crippen molar-refractivity contribution in [2.75, 3.05) is 20.3 Å². The molecule has 7 nitrogen and oxygen atoms in total. The molecule has 0 spiro atoms. The van der Waals surface area contributed by atoms with Gasteiger partial charge in [0, 0.05) is 13.0 Å². The van der Waals surface area contributed by atoms with Crippen molar-refractivity contribution in [3.8, 4) is 0 Å². The maximum Gasteiger partial charge on any atom is 0.410 e. The molecule has 5 unspecified atom stereocenters. The van der Waals surface area contributed by atoms with E-state index >= 15 is 0 Å². The van der Waals surface area contributed by atoms with Gasteiger partial charge < -0.3 is 14.6 Å². The molecule has 1 saturated heterocycles. The summed E-state index contributed by atoms with van der Waals surface area (Å²) in [6, 6.07) is -0.609. The van der Waals surface area contributed by atoms with E-state index < -0.39 is 18.1 Å². The number of carboxylic acids is 1. The summed E-state index contributed by atoms with van der Waals surface area (Å²) in [7, 11) is 1.32. The van der Waals surface area contributed by atoms with E-state index in [4.69, 9.17) is 14.6 Å². The molecular weight excluding hydrogens is 338 g/mol. The van der Waals surface area contributed by atoms with E-state index in [0.717, 1.165) is 25.7 Å². The minimum atomic E-state index is -0.746. The monoisotopic (exact) mass is 369 g/mol. The third-order valence-electron chi connectivity index (χ3n) is 6.11. The van der Waals surface area contributed by atoms with Crippen LogP contribution in [0.25, 0.3) is 0 Å². The average Bonchev–Trinajstić information content (AvgIpc) is 2.63. The van der Waals surface area contributed by atoms with Crippen molar-refractivity contribution in [3.63, 3.8) is 0 Å². The first-order valence-corrected chi connectivity index (χ1v) is 9.64. The Morgan fingerprint density at radius 1 is 1.15 bits per heavy atom. The molecule has 0 radical (unpaired) electrons. The number of carbonyl (C=O) groups is 3. The van der Waals surface area contributed by atoms with Gasteiger partial charge in [-0.05, 0) is 56.3 Å². The maximum atomic E-state index is 12.4. The highest BCUT2D eigenvalue weighted by atomic mass is 16.6. The van der Waals surface area contributed by atoms with Crippen molar-refractivity contribution >= 4 is 18.0 Å². The van der Waals surface area contributed by atoms with Crippen molar-refractivity contribution in [1.29, 1.82) is 0 Å². The highest BCUT2D eigenvalue weighted by molar-refractivity contribution is 5.81. The molecule has 0 aromatic heterocycles. The molecule has 1 aliphatic heterocycles. The first kappa shape index (κ1) is 20.5. The number of fused-ring (bicyclic) bond motifs is 1. The van der Waals surface area contributed by atoms with Gasteiger partial charge in [0.1, 0.15) is 6.04 Å². The fourth-order valence-corrected chi connectivity index (χ4v) is 4.76. The normalized spacial score (nSPS) is 29.4. The molecule has 148 valence electrons. The van der Waals surface area contributed by atoms with E-state index in [9.17, 15) is 14.4 Å². The third kappa shape index (κ3) is 4.68. The van der Waals surface area contributed by atoms with Gasteiger partial charge in [-0.2, -0.15) is 0 Å². The van der Waals surface area contributed by atoms with Crippen LogP contribution in [0.3, 0.4) is 0 Å². The molecule has 0 bridgehead atoms. The van der Waals surface area contributed by atoms with Gasteiger partial charge in [0.15, 0.2) is 0 Å². The smallest absolute Gasteiger partial charge is 0.410 e. The zero-order valence-corrected chi connectivity index (χ0v) is 16.0. The van der Waals surface area contributed by atoms with E-state index in [1.165, 1.54) is 12.0 Å². The summed E-state index contributed by atoms with van der Waals surface area (Å²) in [5.41, 5.74) is 0. The number of esters is 1. The molecule has 2 fully saturated rings. The van der Waals surface area contributed by atoms with Crippen LogP contribution in [0.2, 0.25) is 0 Å².